The number of aromatic nitrogens is 2. The van der Waals surface area contributed by atoms with Crippen molar-refractivity contribution in [1.29, 1.82) is 0 Å². The van der Waals surface area contributed by atoms with Crippen LogP contribution in [0.2, 0.25) is 0 Å². The van der Waals surface area contributed by atoms with Gasteiger partial charge in [0.15, 0.2) is 5.69 Å². The summed E-state index contributed by atoms with van der Waals surface area (Å²) in [6.07, 6.45) is -9.82. The number of nitrogens with zero attached hydrogens (tertiary/aromatic N) is 3. The number of carbonyl (C=O) groups excluding carboxylic acids is 2. The first-order valence-electron chi connectivity index (χ1n) is 9.27. The molecule has 0 bridgehead atoms. The second kappa shape index (κ2) is 7.85. The molecule has 0 radical (unpaired) electrons. The number of hydrogen-bond donors (Lipinski definition) is 0. The number of carbonyl (C=O) groups is 2. The standard InChI is InChI=1S/C21H12F6IN3O2/c1-10-7-11(8-30-9-15(20(22,23)24)29-19(30)21(25,26)27)5-6-14(10)31-17(32)12-3-2-4-13(28)16(12)18(31)33/h2-7,9H,8H2,1H3. The van der Waals surface area contributed by atoms with Crippen LogP contribution < -0.4 is 4.90 Å². The molecular formula is C21H12F6IN3O2. The third kappa shape index (κ3) is 4.11. The Hall–Kier alpha value is -2.90. The number of benzene rings is 2. The van der Waals surface area contributed by atoms with E-state index in [1.807, 2.05) is 22.6 Å². The summed E-state index contributed by atoms with van der Waals surface area (Å²) >= 11 is 1.94. The highest BCUT2D eigenvalue weighted by molar-refractivity contribution is 14.1. The molecular weight excluding hydrogens is 567 g/mol. The lowest BCUT2D eigenvalue weighted by Crippen LogP contribution is -2.30. The minimum absolute atomic E-state index is 0.235. The third-order valence-corrected chi connectivity index (χ3v) is 5.94. The lowest BCUT2D eigenvalue weighted by molar-refractivity contribution is -0.150. The summed E-state index contributed by atoms with van der Waals surface area (Å²) in [6.45, 7) is 1.01. The molecule has 0 saturated carbocycles. The van der Waals surface area contributed by atoms with Gasteiger partial charge in [-0.2, -0.15) is 26.3 Å². The molecule has 2 amide bonds. The van der Waals surface area contributed by atoms with Gasteiger partial charge >= 0.3 is 12.4 Å². The zero-order valence-corrected chi connectivity index (χ0v) is 18.7. The molecule has 1 aliphatic heterocycles. The SMILES string of the molecule is Cc1cc(Cn2cc(C(F)(F)F)nc2C(F)(F)F)ccc1N1C(=O)c2cccc(I)c2C1=O. The summed E-state index contributed by atoms with van der Waals surface area (Å²) in [5, 5.41) is 0. The summed E-state index contributed by atoms with van der Waals surface area (Å²) in [5.41, 5.74) is -0.286. The molecule has 172 valence electrons. The fourth-order valence-electron chi connectivity index (χ4n) is 3.63. The van der Waals surface area contributed by atoms with E-state index in [0.717, 1.165) is 4.90 Å². The van der Waals surface area contributed by atoms with Crippen LogP contribution in [0.5, 0.6) is 0 Å². The van der Waals surface area contributed by atoms with Gasteiger partial charge in [-0.1, -0.05) is 18.2 Å². The number of amides is 2. The van der Waals surface area contributed by atoms with Crippen molar-refractivity contribution < 1.29 is 35.9 Å². The Morgan fingerprint density at radius 1 is 0.970 bits per heavy atom. The van der Waals surface area contributed by atoms with Crippen molar-refractivity contribution in [3.63, 3.8) is 0 Å². The number of aryl methyl sites for hydroxylation is 1. The average Bonchev–Trinajstić information content (AvgIpc) is 3.23. The maximum absolute atomic E-state index is 13.2. The van der Waals surface area contributed by atoms with Gasteiger partial charge < -0.3 is 4.57 Å². The van der Waals surface area contributed by atoms with Gasteiger partial charge in [-0.15, -0.1) is 0 Å². The Bertz CT molecular complexity index is 1300. The lowest BCUT2D eigenvalue weighted by Gasteiger charge is -2.18. The molecule has 0 fully saturated rings. The molecule has 0 saturated heterocycles. The monoisotopic (exact) mass is 579 g/mol. The minimum Gasteiger partial charge on any atom is -0.322 e. The highest BCUT2D eigenvalue weighted by Gasteiger charge is 2.42. The smallest absolute Gasteiger partial charge is 0.322 e. The van der Waals surface area contributed by atoms with E-state index in [1.54, 1.807) is 19.1 Å². The second-order valence-electron chi connectivity index (χ2n) is 7.30. The molecule has 0 N–H and O–H groups in total. The highest BCUT2D eigenvalue weighted by atomic mass is 127. The molecule has 0 atom stereocenters. The van der Waals surface area contributed by atoms with Crippen LogP contribution in [0, 0.1) is 10.5 Å². The van der Waals surface area contributed by atoms with Gasteiger partial charge in [-0.05, 0) is 58.8 Å². The first-order valence-corrected chi connectivity index (χ1v) is 10.4. The molecule has 0 spiro atoms. The van der Waals surface area contributed by atoms with Crippen LogP contribution in [0.3, 0.4) is 0 Å². The normalized spacial score (nSPS) is 14.2. The fraction of sp³-hybridized carbons (Fsp3) is 0.190. The fourth-order valence-corrected chi connectivity index (χ4v) is 4.35. The molecule has 1 aliphatic rings. The molecule has 5 nitrogen and oxygen atoms in total. The Balaban J connectivity index is 1.68. The van der Waals surface area contributed by atoms with Gasteiger partial charge in [0.05, 0.1) is 16.8 Å². The van der Waals surface area contributed by atoms with Crippen LogP contribution in [-0.4, -0.2) is 21.4 Å². The molecule has 12 heteroatoms. The molecule has 3 aromatic rings. The Morgan fingerprint density at radius 3 is 2.24 bits per heavy atom. The van der Waals surface area contributed by atoms with Crippen molar-refractivity contribution in [2.75, 3.05) is 4.90 Å². The summed E-state index contributed by atoms with van der Waals surface area (Å²) in [5.74, 6) is -2.74. The van der Waals surface area contributed by atoms with E-state index >= 15 is 0 Å². The van der Waals surface area contributed by atoms with Crippen LogP contribution in [0.4, 0.5) is 32.0 Å². The number of hydrogen-bond acceptors (Lipinski definition) is 3. The van der Waals surface area contributed by atoms with Crippen molar-refractivity contribution in [2.24, 2.45) is 0 Å². The molecule has 4 rings (SSSR count). The highest BCUT2D eigenvalue weighted by Crippen LogP contribution is 2.36. The first kappa shape index (κ1) is 23.3. The zero-order chi connectivity index (χ0) is 24.3. The summed E-state index contributed by atoms with van der Waals surface area (Å²) in [7, 11) is 0. The van der Waals surface area contributed by atoms with Crippen LogP contribution >= 0.6 is 22.6 Å². The van der Waals surface area contributed by atoms with E-state index in [-0.39, 0.29) is 22.4 Å². The molecule has 2 heterocycles. The van der Waals surface area contributed by atoms with Crippen LogP contribution in [0.1, 0.15) is 43.4 Å². The second-order valence-corrected chi connectivity index (χ2v) is 8.46. The van der Waals surface area contributed by atoms with Crippen molar-refractivity contribution in [3.8, 4) is 0 Å². The van der Waals surface area contributed by atoms with Crippen molar-refractivity contribution in [2.45, 2.75) is 25.8 Å². The minimum atomic E-state index is -5.09. The van der Waals surface area contributed by atoms with Gasteiger partial charge in [-0.3, -0.25) is 9.59 Å². The lowest BCUT2D eigenvalue weighted by atomic mass is 10.1. The number of anilines is 1. The number of fused-ring (bicyclic) bond motifs is 1. The molecule has 0 aliphatic carbocycles. The van der Waals surface area contributed by atoms with E-state index in [2.05, 4.69) is 4.98 Å². The zero-order valence-electron chi connectivity index (χ0n) is 16.6. The topological polar surface area (TPSA) is 55.2 Å². The van der Waals surface area contributed by atoms with Crippen LogP contribution in [-0.2, 0) is 18.9 Å². The Labute approximate surface area is 196 Å². The maximum Gasteiger partial charge on any atom is 0.449 e. The molecule has 1 aromatic heterocycles. The van der Waals surface area contributed by atoms with Crippen molar-refractivity contribution in [1.82, 2.24) is 9.55 Å². The summed E-state index contributed by atoms with van der Waals surface area (Å²) in [6, 6.07) is 9.00. The number of imidazole rings is 1. The molecule has 0 unspecified atom stereocenters. The Morgan fingerprint density at radius 2 is 1.67 bits per heavy atom. The number of alkyl halides is 6. The third-order valence-electron chi connectivity index (χ3n) is 5.04. The van der Waals surface area contributed by atoms with Crippen LogP contribution in [0.15, 0.2) is 42.6 Å². The largest absolute Gasteiger partial charge is 0.449 e. The van der Waals surface area contributed by atoms with E-state index in [4.69, 9.17) is 0 Å². The van der Waals surface area contributed by atoms with Crippen LogP contribution in [0.25, 0.3) is 0 Å². The predicted octanol–water partition coefficient (Wildman–Crippen LogP) is 5.68. The van der Waals surface area contributed by atoms with Gasteiger partial charge in [-0.25, -0.2) is 9.88 Å². The van der Waals surface area contributed by atoms with Gasteiger partial charge in [0.25, 0.3) is 11.8 Å². The quantitative estimate of drug-likeness (QED) is 0.228. The summed E-state index contributed by atoms with van der Waals surface area (Å²) < 4.78 is 79.3. The molecule has 2 aromatic carbocycles. The van der Waals surface area contributed by atoms with Crippen molar-refractivity contribution in [3.05, 3.63) is 79.9 Å². The maximum atomic E-state index is 13.2. The number of imide groups is 1. The van der Waals surface area contributed by atoms with Gasteiger partial charge in [0.2, 0.25) is 5.82 Å². The van der Waals surface area contributed by atoms with Gasteiger partial charge in [0, 0.05) is 16.3 Å². The number of halogens is 7. The van der Waals surface area contributed by atoms with Crippen molar-refractivity contribution >= 4 is 40.1 Å². The Kier molecular flexibility index (Phi) is 5.53. The summed E-state index contributed by atoms with van der Waals surface area (Å²) in [4.78, 5) is 29.4. The first-order chi connectivity index (χ1) is 15.3. The number of rotatable bonds is 3. The predicted molar refractivity (Wildman–Crippen MR) is 113 cm³/mol. The average molecular weight is 579 g/mol. The molecule has 33 heavy (non-hydrogen) atoms. The van der Waals surface area contributed by atoms with E-state index in [1.165, 1.54) is 24.3 Å². The van der Waals surface area contributed by atoms with E-state index in [9.17, 15) is 35.9 Å². The van der Waals surface area contributed by atoms with Gasteiger partial charge in [0.1, 0.15) is 0 Å². The van der Waals surface area contributed by atoms with E-state index in [0.29, 0.717) is 19.9 Å². The van der Waals surface area contributed by atoms with E-state index < -0.39 is 42.2 Å².